The van der Waals surface area contributed by atoms with E-state index in [2.05, 4.69) is 64.2 Å². The van der Waals surface area contributed by atoms with E-state index in [4.69, 9.17) is 14.2 Å². The first kappa shape index (κ1) is 62.8. The summed E-state index contributed by atoms with van der Waals surface area (Å²) >= 11 is 0. The summed E-state index contributed by atoms with van der Waals surface area (Å²) in [4.78, 5) is 36.9. The Labute approximate surface area is 404 Å². The van der Waals surface area contributed by atoms with E-state index in [-0.39, 0.29) is 17.9 Å². The second-order valence-corrected chi connectivity index (χ2v) is 19.4. The predicted octanol–water partition coefficient (Wildman–Crippen LogP) is 17.2. The molecule has 0 radical (unpaired) electrons. The van der Waals surface area contributed by atoms with Crippen molar-refractivity contribution in [1.29, 1.82) is 0 Å². The van der Waals surface area contributed by atoms with Crippen LogP contribution in [0.2, 0.25) is 0 Å². The van der Waals surface area contributed by atoms with Gasteiger partial charge in [0.05, 0.1) is 19.8 Å². The number of nitrogens with one attached hydrogen (secondary N) is 1. The first-order chi connectivity index (χ1) is 31.9. The molecular weight excluding hydrogens is 807 g/mol. The Morgan fingerprint density at radius 3 is 1.28 bits per heavy atom. The Kier molecular flexibility index (Phi) is 49.6. The lowest BCUT2D eigenvalue weighted by atomic mass is 9.99. The quantitative estimate of drug-likeness (QED) is 0.0281. The lowest BCUT2D eigenvalue weighted by Gasteiger charge is -2.19. The Morgan fingerprint density at radius 2 is 0.800 bits per heavy atom. The summed E-state index contributed by atoms with van der Waals surface area (Å²) in [6, 6.07) is 0.517. The van der Waals surface area contributed by atoms with Gasteiger partial charge in [-0.25, -0.2) is 0 Å². The van der Waals surface area contributed by atoms with Crippen LogP contribution in [0.1, 0.15) is 285 Å². The Balaban J connectivity index is 4.30. The van der Waals surface area contributed by atoms with Gasteiger partial charge in [-0.3, -0.25) is 14.4 Å². The topological polar surface area (TPSA) is 90.9 Å². The van der Waals surface area contributed by atoms with Crippen molar-refractivity contribution in [2.45, 2.75) is 291 Å². The monoisotopic (exact) mass is 916 g/mol. The molecule has 0 bridgehead atoms. The second-order valence-electron chi connectivity index (χ2n) is 19.4. The number of allylic oxidation sites excluding steroid dienone is 4. The van der Waals surface area contributed by atoms with Crippen LogP contribution >= 0.6 is 0 Å². The van der Waals surface area contributed by atoms with Gasteiger partial charge in [-0.2, -0.15) is 0 Å². The normalized spacial score (nSPS) is 13.1. The molecule has 382 valence electrons. The number of unbranched alkanes of at least 4 members (excludes halogenated alkanes) is 22. The highest BCUT2D eigenvalue weighted by atomic mass is 16.5. The SMILES string of the molecule is CCCCC/C=C\C/C=C\CCCCCCCCOC(=O)CCCCNC(CCCCCCCCC(=O)OCC(CC)CCCC)CCCCCCCCC(=O)OCC(CC)CCCC. The molecule has 0 aromatic heterocycles. The van der Waals surface area contributed by atoms with Crippen molar-refractivity contribution in [2.24, 2.45) is 11.8 Å². The maximum atomic E-state index is 12.4. The third kappa shape index (κ3) is 46.7. The van der Waals surface area contributed by atoms with Crippen molar-refractivity contribution in [2.75, 3.05) is 26.4 Å². The fraction of sp³-hybridized carbons (Fsp3) is 0.879. The lowest BCUT2D eigenvalue weighted by Crippen LogP contribution is -2.30. The van der Waals surface area contributed by atoms with Crippen molar-refractivity contribution >= 4 is 17.9 Å². The number of hydrogen-bond donors (Lipinski definition) is 1. The van der Waals surface area contributed by atoms with Crippen molar-refractivity contribution in [3.05, 3.63) is 24.3 Å². The van der Waals surface area contributed by atoms with E-state index >= 15 is 0 Å². The minimum Gasteiger partial charge on any atom is -0.466 e. The minimum atomic E-state index is -0.0435. The molecular formula is C58H109NO6. The summed E-state index contributed by atoms with van der Waals surface area (Å²) in [7, 11) is 0. The van der Waals surface area contributed by atoms with Gasteiger partial charge >= 0.3 is 17.9 Å². The number of esters is 3. The van der Waals surface area contributed by atoms with Gasteiger partial charge in [-0.05, 0) is 108 Å². The van der Waals surface area contributed by atoms with Crippen LogP contribution in [0.15, 0.2) is 24.3 Å². The number of carbonyl (C=O) groups is 3. The number of ether oxygens (including phenoxy) is 3. The van der Waals surface area contributed by atoms with Crippen molar-refractivity contribution in [3.8, 4) is 0 Å². The highest BCUT2D eigenvalue weighted by Crippen LogP contribution is 2.18. The van der Waals surface area contributed by atoms with Gasteiger partial charge in [0, 0.05) is 25.3 Å². The molecule has 0 amide bonds. The Morgan fingerprint density at radius 1 is 0.400 bits per heavy atom. The molecule has 2 unspecified atom stereocenters. The summed E-state index contributed by atoms with van der Waals surface area (Å²) in [5, 5.41) is 3.85. The van der Waals surface area contributed by atoms with Gasteiger partial charge < -0.3 is 19.5 Å². The van der Waals surface area contributed by atoms with Crippen molar-refractivity contribution in [3.63, 3.8) is 0 Å². The molecule has 0 spiro atoms. The summed E-state index contributed by atoms with van der Waals surface area (Å²) in [5.74, 6) is 0.931. The van der Waals surface area contributed by atoms with Gasteiger partial charge in [-0.15, -0.1) is 0 Å². The third-order valence-corrected chi connectivity index (χ3v) is 13.3. The smallest absolute Gasteiger partial charge is 0.305 e. The molecule has 7 nitrogen and oxygen atoms in total. The van der Waals surface area contributed by atoms with Crippen LogP contribution < -0.4 is 5.32 Å². The van der Waals surface area contributed by atoms with Gasteiger partial charge in [-0.1, -0.05) is 200 Å². The van der Waals surface area contributed by atoms with Gasteiger partial charge in [0.25, 0.3) is 0 Å². The zero-order chi connectivity index (χ0) is 47.5. The van der Waals surface area contributed by atoms with Crippen LogP contribution in [0.3, 0.4) is 0 Å². The van der Waals surface area contributed by atoms with Crippen molar-refractivity contribution in [1.82, 2.24) is 5.32 Å². The Bertz CT molecular complexity index is 1040. The summed E-state index contributed by atoms with van der Waals surface area (Å²) in [6.07, 6.45) is 52.8. The van der Waals surface area contributed by atoms with E-state index in [0.29, 0.717) is 57.0 Å². The lowest BCUT2D eigenvalue weighted by molar-refractivity contribution is -0.146. The maximum absolute atomic E-state index is 12.4. The average Bonchev–Trinajstić information content (AvgIpc) is 3.31. The molecule has 1 N–H and O–H groups in total. The fourth-order valence-corrected chi connectivity index (χ4v) is 8.49. The number of hydrogen-bond acceptors (Lipinski definition) is 7. The molecule has 0 rings (SSSR count). The first-order valence-corrected chi connectivity index (χ1v) is 28.4. The second kappa shape index (κ2) is 51.2. The zero-order valence-corrected chi connectivity index (χ0v) is 43.9. The minimum absolute atomic E-state index is 0.0214. The van der Waals surface area contributed by atoms with Gasteiger partial charge in [0.1, 0.15) is 0 Å². The van der Waals surface area contributed by atoms with E-state index in [1.165, 1.54) is 148 Å². The Hall–Kier alpha value is -2.15. The predicted molar refractivity (Wildman–Crippen MR) is 278 cm³/mol. The molecule has 65 heavy (non-hydrogen) atoms. The highest BCUT2D eigenvalue weighted by molar-refractivity contribution is 5.69. The fourth-order valence-electron chi connectivity index (χ4n) is 8.49. The molecule has 0 aliphatic heterocycles. The number of rotatable bonds is 51. The molecule has 0 saturated carbocycles. The van der Waals surface area contributed by atoms with Crippen LogP contribution in [0, 0.1) is 11.8 Å². The van der Waals surface area contributed by atoms with Crippen LogP contribution in [0.5, 0.6) is 0 Å². The van der Waals surface area contributed by atoms with E-state index in [1.807, 2.05) is 0 Å². The molecule has 0 aromatic rings. The van der Waals surface area contributed by atoms with Crippen LogP contribution in [0.4, 0.5) is 0 Å². The van der Waals surface area contributed by atoms with Gasteiger partial charge in [0.15, 0.2) is 0 Å². The average molecular weight is 917 g/mol. The van der Waals surface area contributed by atoms with Gasteiger partial charge in [0.2, 0.25) is 0 Å². The molecule has 0 saturated heterocycles. The van der Waals surface area contributed by atoms with E-state index in [0.717, 1.165) is 90.0 Å². The molecule has 0 heterocycles. The highest BCUT2D eigenvalue weighted by Gasteiger charge is 2.13. The molecule has 2 atom stereocenters. The summed E-state index contributed by atoms with van der Waals surface area (Å²) in [5.41, 5.74) is 0. The van der Waals surface area contributed by atoms with E-state index in [1.54, 1.807) is 0 Å². The largest absolute Gasteiger partial charge is 0.466 e. The number of carbonyl (C=O) groups excluding carboxylic acids is 3. The molecule has 0 aliphatic rings. The van der Waals surface area contributed by atoms with Crippen LogP contribution in [-0.2, 0) is 28.6 Å². The summed E-state index contributed by atoms with van der Waals surface area (Å²) < 4.78 is 16.7. The van der Waals surface area contributed by atoms with Crippen LogP contribution in [0.25, 0.3) is 0 Å². The maximum Gasteiger partial charge on any atom is 0.305 e. The molecule has 0 aromatic carbocycles. The standard InChI is InChI=1S/C58H109NO6/c1-6-11-14-15-16-17-18-19-20-21-22-23-24-29-34-41-50-63-56(60)48-39-40-49-59-55(44-35-30-25-27-32-37-46-57(61)64-51-53(9-4)42-12-7-2)45-36-31-26-28-33-38-47-58(62)65-52-54(10-5)43-13-8-3/h16-17,19-20,53-55,59H,6-15,18,21-52H2,1-5H3/b17-16-,20-19-. The van der Waals surface area contributed by atoms with E-state index in [9.17, 15) is 14.4 Å². The summed E-state index contributed by atoms with van der Waals surface area (Å²) in [6.45, 7) is 13.8. The molecule has 0 aliphatic carbocycles. The zero-order valence-electron chi connectivity index (χ0n) is 43.9. The van der Waals surface area contributed by atoms with E-state index < -0.39 is 0 Å². The molecule has 0 fully saturated rings. The van der Waals surface area contributed by atoms with Crippen LogP contribution in [-0.4, -0.2) is 50.3 Å². The first-order valence-electron chi connectivity index (χ1n) is 28.4. The van der Waals surface area contributed by atoms with Crippen molar-refractivity contribution < 1.29 is 28.6 Å². The third-order valence-electron chi connectivity index (χ3n) is 13.3. The molecule has 7 heteroatoms.